The molecule has 0 bridgehead atoms. The number of aryl methyl sites for hydroxylation is 1. The van der Waals surface area contributed by atoms with Gasteiger partial charge in [0.2, 0.25) is 5.82 Å². The maximum absolute atomic E-state index is 15.0. The van der Waals surface area contributed by atoms with Crippen LogP contribution < -0.4 is 10.6 Å². The molecule has 1 aromatic carbocycles. The Balaban J connectivity index is 1.51. The lowest BCUT2D eigenvalue weighted by Gasteiger charge is -2.22. The quantitative estimate of drug-likeness (QED) is 0.539. The molecule has 1 aliphatic heterocycles. The molecule has 0 saturated carbocycles. The van der Waals surface area contributed by atoms with E-state index in [0.29, 0.717) is 22.6 Å². The van der Waals surface area contributed by atoms with Gasteiger partial charge in [-0.15, -0.1) is 10.2 Å². The second-order valence-corrected chi connectivity index (χ2v) is 8.27. The molecule has 2 aromatic heterocycles. The maximum atomic E-state index is 15.0. The van der Waals surface area contributed by atoms with Gasteiger partial charge < -0.3 is 15.2 Å². The lowest BCUT2D eigenvalue weighted by atomic mass is 10.1. The Kier molecular flexibility index (Phi) is 6.24. The molecule has 1 fully saturated rings. The average molecular weight is 469 g/mol. The summed E-state index contributed by atoms with van der Waals surface area (Å²) in [4.78, 5) is 31.4. The molecule has 11 nitrogen and oxygen atoms in total. The van der Waals surface area contributed by atoms with Gasteiger partial charge in [-0.3, -0.25) is 14.7 Å². The molecule has 1 aliphatic rings. The number of amides is 1. The highest BCUT2D eigenvalue weighted by atomic mass is 19.1. The van der Waals surface area contributed by atoms with Gasteiger partial charge in [-0.25, -0.2) is 9.18 Å². The first-order valence-electron chi connectivity index (χ1n) is 10.6. The highest BCUT2D eigenvalue weighted by molar-refractivity contribution is 5.91. The van der Waals surface area contributed by atoms with E-state index in [1.165, 1.54) is 28.0 Å². The third-order valence-corrected chi connectivity index (χ3v) is 5.48. The molecule has 2 N–H and O–H groups in total. The molecule has 12 heteroatoms. The van der Waals surface area contributed by atoms with E-state index in [4.69, 9.17) is 15.2 Å². The lowest BCUT2D eigenvalue weighted by Crippen LogP contribution is -2.42. The van der Waals surface area contributed by atoms with Crippen LogP contribution in [-0.2, 0) is 21.3 Å². The second kappa shape index (κ2) is 9.14. The molecule has 0 radical (unpaired) electrons. The first kappa shape index (κ1) is 23.2. The summed E-state index contributed by atoms with van der Waals surface area (Å²) in [6.07, 6.45) is -0.402. The normalized spacial score (nSPS) is 18.8. The van der Waals surface area contributed by atoms with Crippen molar-refractivity contribution in [3.63, 3.8) is 0 Å². The Labute approximate surface area is 194 Å². The highest BCUT2D eigenvalue weighted by Gasteiger charge is 2.43. The summed E-state index contributed by atoms with van der Waals surface area (Å²) in [5, 5.41) is 11.7. The number of esters is 1. The number of carbonyl (C=O) groups is 2. The van der Waals surface area contributed by atoms with Gasteiger partial charge in [0, 0.05) is 17.3 Å². The molecule has 1 unspecified atom stereocenters. The van der Waals surface area contributed by atoms with Gasteiger partial charge in [-0.05, 0) is 42.3 Å². The average Bonchev–Trinajstić information content (AvgIpc) is 3.35. The van der Waals surface area contributed by atoms with Crippen molar-refractivity contribution in [2.75, 3.05) is 4.90 Å². The fourth-order valence-electron chi connectivity index (χ4n) is 3.43. The van der Waals surface area contributed by atoms with Crippen LogP contribution in [0.2, 0.25) is 0 Å². The van der Waals surface area contributed by atoms with E-state index in [1.54, 1.807) is 46.0 Å². The predicted octanol–water partition coefficient (Wildman–Crippen LogP) is 2.28. The molecular formula is C22H24FN7O4. The Morgan fingerprint density at radius 1 is 1.26 bits per heavy atom. The van der Waals surface area contributed by atoms with Gasteiger partial charge in [0.1, 0.15) is 23.6 Å². The number of cyclic esters (lactones) is 1. The van der Waals surface area contributed by atoms with Crippen molar-refractivity contribution in [1.82, 2.24) is 25.2 Å². The fraction of sp³-hybridized carbons (Fsp3) is 0.364. The lowest BCUT2D eigenvalue weighted by molar-refractivity contribution is -0.167. The zero-order chi connectivity index (χ0) is 24.6. The number of carbonyl (C=O) groups excluding carboxylic acids is 2. The number of ether oxygens (including phenoxy) is 2. The number of benzene rings is 1. The number of nitrogens with zero attached hydrogens (tertiary/aromatic N) is 6. The molecule has 3 atom stereocenters. The van der Waals surface area contributed by atoms with Crippen LogP contribution in [0.1, 0.15) is 20.8 Å². The standard InChI is InChI=1S/C22H24FN7O4/c1-11(2)18(24)20(31)33-21-12(3)30(22(32)34-21)14-6-7-15(16(23)9-14)13-5-8-17(25-10-13)19-26-28-29(4)27-19/h5-12,18,21H,24H2,1-4H3/t12-,18+,21?/m1/s1. The number of hydrogen-bond donors (Lipinski definition) is 1. The third kappa shape index (κ3) is 4.44. The number of hydrogen-bond acceptors (Lipinski definition) is 9. The smallest absolute Gasteiger partial charge is 0.417 e. The van der Waals surface area contributed by atoms with E-state index in [2.05, 4.69) is 20.4 Å². The van der Waals surface area contributed by atoms with E-state index >= 15 is 4.39 Å². The second-order valence-electron chi connectivity index (χ2n) is 8.27. The number of anilines is 1. The Morgan fingerprint density at radius 2 is 2.03 bits per heavy atom. The zero-order valence-corrected chi connectivity index (χ0v) is 19.0. The first-order valence-corrected chi connectivity index (χ1v) is 10.6. The Bertz CT molecular complexity index is 1210. The van der Waals surface area contributed by atoms with E-state index in [0.717, 1.165) is 0 Å². The number of nitrogens with two attached hydrogens (primary N) is 1. The van der Waals surface area contributed by atoms with Gasteiger partial charge in [-0.1, -0.05) is 19.9 Å². The molecule has 178 valence electrons. The first-order chi connectivity index (χ1) is 16.2. The minimum Gasteiger partial charge on any atom is -0.422 e. The Morgan fingerprint density at radius 3 is 2.62 bits per heavy atom. The van der Waals surface area contributed by atoms with Gasteiger partial charge in [0.25, 0.3) is 6.29 Å². The van der Waals surface area contributed by atoms with Crippen LogP contribution in [0.5, 0.6) is 0 Å². The highest BCUT2D eigenvalue weighted by Crippen LogP contribution is 2.32. The molecule has 1 amide bonds. The minimum atomic E-state index is -1.15. The van der Waals surface area contributed by atoms with Crippen molar-refractivity contribution >= 4 is 17.7 Å². The van der Waals surface area contributed by atoms with Crippen LogP contribution >= 0.6 is 0 Å². The van der Waals surface area contributed by atoms with Gasteiger partial charge in [0.05, 0.1) is 12.7 Å². The van der Waals surface area contributed by atoms with E-state index in [9.17, 15) is 9.59 Å². The van der Waals surface area contributed by atoms with Crippen LogP contribution in [0.3, 0.4) is 0 Å². The fourth-order valence-corrected chi connectivity index (χ4v) is 3.43. The topological polar surface area (TPSA) is 138 Å². The molecule has 0 aliphatic carbocycles. The van der Waals surface area contributed by atoms with Crippen molar-refractivity contribution in [3.8, 4) is 22.6 Å². The molecule has 0 spiro atoms. The molecule has 4 rings (SSSR count). The van der Waals surface area contributed by atoms with E-state index < -0.39 is 36.3 Å². The van der Waals surface area contributed by atoms with Crippen molar-refractivity contribution in [1.29, 1.82) is 0 Å². The van der Waals surface area contributed by atoms with Gasteiger partial charge >= 0.3 is 12.1 Å². The summed E-state index contributed by atoms with van der Waals surface area (Å²) >= 11 is 0. The number of halogens is 1. The van der Waals surface area contributed by atoms with Crippen LogP contribution in [0.25, 0.3) is 22.6 Å². The van der Waals surface area contributed by atoms with E-state index in [-0.39, 0.29) is 11.6 Å². The van der Waals surface area contributed by atoms with Crippen molar-refractivity contribution in [2.45, 2.75) is 39.1 Å². The summed E-state index contributed by atoms with van der Waals surface area (Å²) in [5.41, 5.74) is 7.39. The van der Waals surface area contributed by atoms with Crippen LogP contribution in [0.15, 0.2) is 36.5 Å². The number of pyridine rings is 1. The molecule has 3 aromatic rings. The monoisotopic (exact) mass is 469 g/mol. The summed E-state index contributed by atoms with van der Waals surface area (Å²) in [6.45, 7) is 5.20. The molecule has 1 saturated heterocycles. The molecule has 34 heavy (non-hydrogen) atoms. The zero-order valence-electron chi connectivity index (χ0n) is 19.0. The van der Waals surface area contributed by atoms with Crippen LogP contribution in [0, 0.1) is 11.7 Å². The van der Waals surface area contributed by atoms with Crippen molar-refractivity contribution in [3.05, 3.63) is 42.3 Å². The number of aromatic nitrogens is 5. The molecular weight excluding hydrogens is 445 g/mol. The van der Waals surface area contributed by atoms with Gasteiger partial charge in [0.15, 0.2) is 0 Å². The van der Waals surface area contributed by atoms with Gasteiger partial charge in [-0.2, -0.15) is 4.80 Å². The predicted molar refractivity (Wildman–Crippen MR) is 119 cm³/mol. The van der Waals surface area contributed by atoms with E-state index in [1.807, 2.05) is 0 Å². The SMILES string of the molecule is CC(C)[C@H](N)C(=O)OC1OC(=O)N(c2ccc(-c3ccc(-c4nnn(C)n4)nc3)c(F)c2)[C@@H]1C. The Hall–Kier alpha value is -3.93. The van der Waals surface area contributed by atoms with Crippen molar-refractivity contribution in [2.24, 2.45) is 18.7 Å². The van der Waals surface area contributed by atoms with Crippen LogP contribution in [0.4, 0.5) is 14.9 Å². The van der Waals surface area contributed by atoms with Crippen molar-refractivity contribution < 1.29 is 23.5 Å². The number of rotatable bonds is 6. The summed E-state index contributed by atoms with van der Waals surface area (Å²) < 4.78 is 25.5. The molecule has 3 heterocycles. The third-order valence-electron chi connectivity index (χ3n) is 5.48. The summed E-state index contributed by atoms with van der Waals surface area (Å²) in [6, 6.07) is 6.17. The number of tetrazole rings is 1. The summed E-state index contributed by atoms with van der Waals surface area (Å²) in [7, 11) is 1.64. The largest absolute Gasteiger partial charge is 0.422 e. The van der Waals surface area contributed by atoms with Crippen LogP contribution in [-0.4, -0.2) is 55.6 Å². The minimum absolute atomic E-state index is 0.141. The summed E-state index contributed by atoms with van der Waals surface area (Å²) in [5.74, 6) is -1.02. The maximum Gasteiger partial charge on any atom is 0.417 e.